The molecule has 0 bridgehead atoms. The average Bonchev–Trinajstić information content (AvgIpc) is 3.22. The minimum Gasteiger partial charge on any atom is -0.507 e. The molecule has 1 aliphatic carbocycles. The van der Waals surface area contributed by atoms with Crippen LogP contribution >= 0.6 is 0 Å². The predicted molar refractivity (Wildman–Crippen MR) is 200 cm³/mol. The fourth-order valence-corrected chi connectivity index (χ4v) is 6.44. The lowest BCUT2D eigenvalue weighted by molar-refractivity contribution is -0.322. The van der Waals surface area contributed by atoms with Crippen LogP contribution < -0.4 is 24.4 Å². The van der Waals surface area contributed by atoms with Gasteiger partial charge in [0, 0.05) is 17.7 Å². The maximum atomic E-state index is 12.2. The van der Waals surface area contributed by atoms with Crippen molar-refractivity contribution in [2.24, 2.45) is 0 Å². The van der Waals surface area contributed by atoms with Crippen molar-refractivity contribution < 1.29 is 93.1 Å². The van der Waals surface area contributed by atoms with Crippen molar-refractivity contribution >= 4 is 12.0 Å². The maximum absolute atomic E-state index is 12.2. The van der Waals surface area contributed by atoms with Crippen molar-refractivity contribution in [1.29, 1.82) is 0 Å². The fourth-order valence-electron chi connectivity index (χ4n) is 6.44. The summed E-state index contributed by atoms with van der Waals surface area (Å²) in [6.07, 6.45) is -14.9. The molecular weight excluding hydrogens is 788 g/mol. The summed E-state index contributed by atoms with van der Waals surface area (Å²) in [5.41, 5.74) is 0.000818. The third-order valence-electron chi connectivity index (χ3n) is 9.58. The minimum absolute atomic E-state index is 0.00108. The minimum atomic E-state index is -1.97. The Morgan fingerprint density at radius 2 is 1.41 bits per heavy atom. The predicted octanol–water partition coefficient (Wildman–Crippen LogP) is -0.203. The quantitative estimate of drug-likeness (QED) is 0.0479. The Bertz CT molecular complexity index is 2140. The van der Waals surface area contributed by atoms with Gasteiger partial charge in [-0.25, -0.2) is 0 Å². The molecule has 3 aliphatic heterocycles. The van der Waals surface area contributed by atoms with Gasteiger partial charge in [-0.2, -0.15) is 0 Å². The Balaban J connectivity index is 1.33. The van der Waals surface area contributed by atoms with Gasteiger partial charge in [-0.3, -0.25) is 4.79 Å². The van der Waals surface area contributed by atoms with Crippen molar-refractivity contribution in [2.75, 3.05) is 34.5 Å². The lowest BCUT2D eigenvalue weighted by Gasteiger charge is -2.42. The monoisotopic (exact) mass is 831 g/mol. The zero-order chi connectivity index (χ0) is 42.7. The highest BCUT2D eigenvalue weighted by Crippen LogP contribution is 2.44. The van der Waals surface area contributed by atoms with Gasteiger partial charge in [0.15, 0.2) is 58.4 Å². The van der Waals surface area contributed by atoms with Crippen molar-refractivity contribution in [2.45, 2.75) is 61.4 Å². The van der Waals surface area contributed by atoms with Crippen LogP contribution in [0.15, 0.2) is 63.8 Å². The van der Waals surface area contributed by atoms with Crippen LogP contribution in [0.25, 0.3) is 28.7 Å². The summed E-state index contributed by atoms with van der Waals surface area (Å²) in [5.74, 6) is -2.08. The van der Waals surface area contributed by atoms with Crippen molar-refractivity contribution in [3.63, 3.8) is 0 Å². The molecule has 3 heterocycles. The largest absolute Gasteiger partial charge is 0.510 e. The van der Waals surface area contributed by atoms with Gasteiger partial charge >= 0.3 is 5.97 Å². The standard InChI is InChI=1S/C39H42O20/c1-51-23-10-17(5-6-20(23)42)36-26(13-19-21(43)11-18(41)12-22(19)55-36)56-39-35(50)33(48)37(28(58-39)15-54-38-34(49)32(47)31(46)27(14-40)57-38)59-29(44)7-4-16-8-24(52-2)30(45)25(9-16)53-3/h4-13,27-28,31-35,37-40,42-43,45-50H,14-15H2,1-3H3/p+1. The first-order valence-corrected chi connectivity index (χ1v) is 17.8. The summed E-state index contributed by atoms with van der Waals surface area (Å²) >= 11 is 0. The van der Waals surface area contributed by atoms with Crippen molar-refractivity contribution in [3.8, 4) is 62.9 Å². The van der Waals surface area contributed by atoms with E-state index in [1.54, 1.807) is 0 Å². The second-order valence-corrected chi connectivity index (χ2v) is 13.4. The van der Waals surface area contributed by atoms with E-state index in [1.807, 2.05) is 0 Å². The molecule has 59 heavy (non-hydrogen) atoms. The number of methoxy groups -OCH3 is 3. The molecule has 2 saturated heterocycles. The highest BCUT2D eigenvalue weighted by Gasteiger charge is 2.53. The summed E-state index contributed by atoms with van der Waals surface area (Å²) in [7, 11) is 3.95. The number of rotatable bonds is 13. The van der Waals surface area contributed by atoms with E-state index >= 15 is 0 Å². The number of aromatic hydroxyl groups is 3. The number of ether oxygens (including phenoxy) is 8. The SMILES string of the molecule is COc1cc(-c2oc3cc(=O)cc(O)c-3cc2OC2OC(COC3OC(CO)C(O)C(O)C3O)C(OC(=[OH+])C=Cc3cc(OC)c(O)c(OC)c3)C(O)C2O)ccc1O. The Labute approximate surface area is 334 Å². The van der Waals surface area contributed by atoms with Crippen LogP contribution in [0.1, 0.15) is 5.56 Å². The van der Waals surface area contributed by atoms with Gasteiger partial charge in [-0.15, -0.1) is 0 Å². The molecule has 0 aromatic heterocycles. The zero-order valence-electron chi connectivity index (χ0n) is 31.5. The molecule has 0 amide bonds. The van der Waals surface area contributed by atoms with Gasteiger partial charge in [0.1, 0.15) is 42.0 Å². The van der Waals surface area contributed by atoms with Gasteiger partial charge in [0.25, 0.3) is 6.10 Å². The number of aliphatic hydroxyl groups excluding tert-OH is 6. The van der Waals surface area contributed by atoms with E-state index in [0.29, 0.717) is 5.56 Å². The number of phenolic OH excluding ortho intramolecular Hbond substituents is 3. The van der Waals surface area contributed by atoms with Crippen LogP contribution in [0.4, 0.5) is 0 Å². The average molecular weight is 832 g/mol. The molecule has 6 rings (SSSR count). The van der Waals surface area contributed by atoms with E-state index < -0.39 is 91.8 Å². The molecule has 318 valence electrons. The molecule has 10 unspecified atom stereocenters. The Kier molecular flexibility index (Phi) is 13.1. The molecule has 10 N–H and O–H groups in total. The summed E-state index contributed by atoms with van der Waals surface area (Å²) in [4.78, 5) is 23.1. The number of hydrogen-bond acceptors (Lipinski definition) is 19. The first-order valence-electron chi connectivity index (χ1n) is 17.8. The molecule has 2 aromatic carbocycles. The van der Waals surface area contributed by atoms with Crippen LogP contribution in [0.2, 0.25) is 0 Å². The lowest BCUT2D eigenvalue weighted by Crippen LogP contribution is -2.63. The number of hydrogen-bond donors (Lipinski definition) is 9. The lowest BCUT2D eigenvalue weighted by atomic mass is 9.98. The molecule has 0 saturated carbocycles. The topological polar surface area (TPSA) is 308 Å². The smallest absolute Gasteiger partial charge is 0.507 e. The number of aliphatic hydroxyl groups is 6. The Hall–Kier alpha value is -5.68. The van der Waals surface area contributed by atoms with Crippen LogP contribution in [0.3, 0.4) is 0 Å². The third-order valence-corrected chi connectivity index (χ3v) is 9.58. The van der Waals surface area contributed by atoms with Gasteiger partial charge in [0.2, 0.25) is 12.0 Å². The second kappa shape index (κ2) is 18.1. The fraction of sp³-hybridized carbons (Fsp3) is 0.385. The van der Waals surface area contributed by atoms with Crippen LogP contribution in [-0.4, -0.2) is 153 Å². The van der Waals surface area contributed by atoms with E-state index in [-0.39, 0.29) is 57.1 Å². The van der Waals surface area contributed by atoms with Crippen LogP contribution in [-0.2, 0) is 18.9 Å². The molecule has 0 radical (unpaired) electrons. The van der Waals surface area contributed by atoms with Gasteiger partial charge in [-0.05, 0) is 48.0 Å². The number of esters is 1. The van der Waals surface area contributed by atoms with Gasteiger partial charge < -0.3 is 93.1 Å². The van der Waals surface area contributed by atoms with Crippen LogP contribution in [0.5, 0.6) is 40.2 Å². The van der Waals surface area contributed by atoms with Crippen molar-refractivity contribution in [1.82, 2.24) is 0 Å². The molecule has 2 fully saturated rings. The number of carbonyl (C=O) groups excluding carboxylic acids is 1. The summed E-state index contributed by atoms with van der Waals surface area (Å²) in [6, 6.07) is 10.2. The molecule has 0 spiro atoms. The number of phenols is 3. The van der Waals surface area contributed by atoms with Gasteiger partial charge in [0.05, 0.1) is 46.2 Å². The summed E-state index contributed by atoms with van der Waals surface area (Å²) in [5, 5.41) is 94.8. The van der Waals surface area contributed by atoms with E-state index in [4.69, 9.17) is 42.3 Å². The molecule has 20 nitrogen and oxygen atoms in total. The Morgan fingerprint density at radius 3 is 2.07 bits per heavy atom. The number of benzene rings is 3. The highest BCUT2D eigenvalue weighted by molar-refractivity contribution is 5.88. The maximum Gasteiger partial charge on any atom is 0.510 e. The molecule has 2 aromatic rings. The number of fused-ring (bicyclic) bond motifs is 1. The summed E-state index contributed by atoms with van der Waals surface area (Å²) in [6.45, 7) is -1.44. The van der Waals surface area contributed by atoms with E-state index in [2.05, 4.69) is 0 Å². The molecular formula is C39H43O20+. The van der Waals surface area contributed by atoms with Crippen LogP contribution in [0, 0.1) is 0 Å². The first kappa shape index (κ1) is 42.9. The van der Waals surface area contributed by atoms with E-state index in [9.17, 15) is 55.5 Å². The van der Waals surface area contributed by atoms with Crippen molar-refractivity contribution in [3.05, 3.63) is 70.4 Å². The highest BCUT2D eigenvalue weighted by atomic mass is 16.7. The molecule has 20 heteroatoms. The summed E-state index contributed by atoms with van der Waals surface area (Å²) < 4.78 is 50.5. The van der Waals surface area contributed by atoms with Gasteiger partial charge in [-0.1, -0.05) is 0 Å². The third kappa shape index (κ3) is 9.00. The normalized spacial score (nSPS) is 27.1. The second-order valence-electron chi connectivity index (χ2n) is 13.4. The van der Waals surface area contributed by atoms with E-state index in [0.717, 1.165) is 18.2 Å². The zero-order valence-corrected chi connectivity index (χ0v) is 31.5. The Morgan fingerprint density at radius 1 is 0.746 bits per heavy atom. The first-order chi connectivity index (χ1) is 28.2. The molecule has 4 aliphatic rings. The van der Waals surface area contributed by atoms with E-state index in [1.165, 1.54) is 63.8 Å². The molecule has 10 atom stereocenters.